The molecule has 2 heterocycles. The summed E-state index contributed by atoms with van der Waals surface area (Å²) in [5.41, 5.74) is 1.04. The summed E-state index contributed by atoms with van der Waals surface area (Å²) in [7, 11) is 0. The van der Waals surface area contributed by atoms with E-state index < -0.39 is 0 Å². The van der Waals surface area contributed by atoms with Crippen LogP contribution in [0, 0.1) is 11.7 Å². The van der Waals surface area contributed by atoms with Gasteiger partial charge in [-0.05, 0) is 41.5 Å². The van der Waals surface area contributed by atoms with E-state index in [2.05, 4.69) is 0 Å². The Morgan fingerprint density at radius 1 is 1.04 bits per heavy atom. The Morgan fingerprint density at radius 3 is 2.38 bits per heavy atom. The summed E-state index contributed by atoms with van der Waals surface area (Å²) in [6.45, 7) is 2.40. The van der Waals surface area contributed by atoms with E-state index in [1.165, 1.54) is 12.1 Å². The topological polar surface area (TPSA) is 40.6 Å². The third-order valence-corrected chi connectivity index (χ3v) is 6.13. The normalized spacial score (nSPS) is 22.3. The zero-order valence-electron chi connectivity index (χ0n) is 14.4. The van der Waals surface area contributed by atoms with E-state index in [1.807, 2.05) is 27.3 Å². The largest absolute Gasteiger partial charge is 0.339 e. The number of carbonyl (C=O) groups excluding carboxylic acids is 2. The second-order valence-corrected chi connectivity index (χ2v) is 7.99. The van der Waals surface area contributed by atoms with Crippen molar-refractivity contribution in [1.82, 2.24) is 9.80 Å². The molecular formula is C20H21FN2O2S. The quantitative estimate of drug-likeness (QED) is 0.828. The van der Waals surface area contributed by atoms with Crippen LogP contribution < -0.4 is 0 Å². The van der Waals surface area contributed by atoms with E-state index in [0.29, 0.717) is 32.6 Å². The van der Waals surface area contributed by atoms with Crippen LogP contribution in [0.2, 0.25) is 0 Å². The van der Waals surface area contributed by atoms with Gasteiger partial charge in [-0.1, -0.05) is 18.2 Å². The predicted octanol–water partition coefficient (Wildman–Crippen LogP) is 2.90. The summed E-state index contributed by atoms with van der Waals surface area (Å²) in [4.78, 5) is 29.9. The van der Waals surface area contributed by atoms with Gasteiger partial charge in [-0.25, -0.2) is 4.39 Å². The Labute approximate surface area is 156 Å². The van der Waals surface area contributed by atoms with Crippen LogP contribution in [0.4, 0.5) is 4.39 Å². The molecule has 0 spiro atoms. The maximum Gasteiger partial charge on any atom is 0.227 e. The molecule has 1 aromatic carbocycles. The molecule has 2 aromatic rings. The Bertz CT molecular complexity index is 783. The lowest BCUT2D eigenvalue weighted by Gasteiger charge is -2.35. The van der Waals surface area contributed by atoms with Gasteiger partial charge in [0.05, 0.1) is 6.42 Å². The van der Waals surface area contributed by atoms with Crippen molar-refractivity contribution in [2.24, 2.45) is 5.92 Å². The maximum atomic E-state index is 13.0. The van der Waals surface area contributed by atoms with Gasteiger partial charge in [0.2, 0.25) is 11.8 Å². The smallest absolute Gasteiger partial charge is 0.227 e. The van der Waals surface area contributed by atoms with Gasteiger partial charge in [0.1, 0.15) is 5.82 Å². The summed E-state index contributed by atoms with van der Waals surface area (Å²) in [6.07, 6.45) is 1.28. The molecule has 1 saturated carbocycles. The number of hydrogen-bond donors (Lipinski definition) is 0. The van der Waals surface area contributed by atoms with E-state index in [0.717, 1.165) is 16.9 Å². The van der Waals surface area contributed by atoms with Gasteiger partial charge in [0.25, 0.3) is 0 Å². The number of rotatable bonds is 4. The van der Waals surface area contributed by atoms with Crippen molar-refractivity contribution in [3.63, 3.8) is 0 Å². The fraction of sp³-hybridized carbons (Fsp3) is 0.400. The van der Waals surface area contributed by atoms with Crippen LogP contribution in [-0.4, -0.2) is 47.8 Å². The van der Waals surface area contributed by atoms with Crippen molar-refractivity contribution in [3.05, 3.63) is 58.0 Å². The molecule has 136 valence electrons. The summed E-state index contributed by atoms with van der Waals surface area (Å²) in [5.74, 6) is 0.274. The lowest BCUT2D eigenvalue weighted by molar-refractivity contribution is -0.140. The first kappa shape index (κ1) is 17.2. The molecule has 26 heavy (non-hydrogen) atoms. The number of nitrogens with zero attached hydrogens (tertiary/aromatic N) is 2. The fourth-order valence-corrected chi connectivity index (χ4v) is 4.33. The molecule has 1 aliphatic heterocycles. The number of thiophene rings is 1. The van der Waals surface area contributed by atoms with Gasteiger partial charge >= 0.3 is 0 Å². The summed E-state index contributed by atoms with van der Waals surface area (Å²) < 4.78 is 13.0. The summed E-state index contributed by atoms with van der Waals surface area (Å²) in [6, 6.07) is 10.4. The highest BCUT2D eigenvalue weighted by Crippen LogP contribution is 2.48. The van der Waals surface area contributed by atoms with E-state index in [-0.39, 0.29) is 29.5 Å². The van der Waals surface area contributed by atoms with Crippen LogP contribution in [0.3, 0.4) is 0 Å². The Hall–Kier alpha value is -2.21. The molecule has 4 rings (SSSR count). The molecule has 2 atom stereocenters. The Morgan fingerprint density at radius 2 is 1.73 bits per heavy atom. The first-order valence-electron chi connectivity index (χ1n) is 8.96. The number of piperazine rings is 1. The predicted molar refractivity (Wildman–Crippen MR) is 98.4 cm³/mol. The highest BCUT2D eigenvalue weighted by molar-refractivity contribution is 7.10. The van der Waals surface area contributed by atoms with E-state index in [4.69, 9.17) is 0 Å². The maximum absolute atomic E-state index is 13.0. The summed E-state index contributed by atoms with van der Waals surface area (Å²) in [5, 5.41) is 1.98. The van der Waals surface area contributed by atoms with Crippen molar-refractivity contribution in [2.45, 2.75) is 18.8 Å². The molecule has 1 aromatic heterocycles. The molecule has 0 bridgehead atoms. The number of amides is 2. The number of carbonyl (C=O) groups is 2. The minimum absolute atomic E-state index is 0.00818. The molecule has 2 fully saturated rings. The van der Waals surface area contributed by atoms with Crippen LogP contribution >= 0.6 is 11.3 Å². The average Bonchev–Trinajstić information content (AvgIpc) is 3.30. The molecule has 0 N–H and O–H groups in total. The third kappa shape index (κ3) is 3.65. The van der Waals surface area contributed by atoms with Crippen LogP contribution in [-0.2, 0) is 16.0 Å². The van der Waals surface area contributed by atoms with Crippen molar-refractivity contribution >= 4 is 23.2 Å². The molecule has 1 saturated heterocycles. The molecule has 1 aliphatic carbocycles. The van der Waals surface area contributed by atoms with Crippen LogP contribution in [0.15, 0.2) is 41.8 Å². The van der Waals surface area contributed by atoms with Gasteiger partial charge in [-0.2, -0.15) is 0 Å². The van der Waals surface area contributed by atoms with Gasteiger partial charge in [0.15, 0.2) is 0 Å². The molecule has 0 unspecified atom stereocenters. The minimum Gasteiger partial charge on any atom is -0.339 e. The Kier molecular flexibility index (Phi) is 4.76. The number of benzene rings is 1. The van der Waals surface area contributed by atoms with Crippen molar-refractivity contribution in [1.29, 1.82) is 0 Å². The van der Waals surface area contributed by atoms with Crippen molar-refractivity contribution in [2.75, 3.05) is 26.2 Å². The van der Waals surface area contributed by atoms with Gasteiger partial charge in [-0.3, -0.25) is 9.59 Å². The van der Waals surface area contributed by atoms with Gasteiger partial charge in [0, 0.05) is 37.0 Å². The third-order valence-electron chi connectivity index (χ3n) is 5.26. The van der Waals surface area contributed by atoms with E-state index in [1.54, 1.807) is 23.5 Å². The van der Waals surface area contributed by atoms with Gasteiger partial charge < -0.3 is 9.80 Å². The van der Waals surface area contributed by atoms with Crippen molar-refractivity contribution < 1.29 is 14.0 Å². The lowest BCUT2D eigenvalue weighted by Crippen LogP contribution is -2.51. The van der Waals surface area contributed by atoms with E-state index >= 15 is 0 Å². The Balaban J connectivity index is 1.27. The molecule has 0 radical (unpaired) electrons. The highest BCUT2D eigenvalue weighted by atomic mass is 32.1. The SMILES string of the molecule is O=C(Cc1cccs1)N1CCN(C(=O)[C@@H]2C[C@H]2c2ccc(F)cc2)CC1. The molecule has 2 aliphatic rings. The first-order chi connectivity index (χ1) is 12.6. The number of hydrogen-bond acceptors (Lipinski definition) is 3. The molecule has 6 heteroatoms. The second kappa shape index (κ2) is 7.19. The van der Waals surface area contributed by atoms with Gasteiger partial charge in [-0.15, -0.1) is 11.3 Å². The highest BCUT2D eigenvalue weighted by Gasteiger charge is 2.46. The lowest BCUT2D eigenvalue weighted by atomic mass is 10.1. The van der Waals surface area contributed by atoms with Crippen molar-refractivity contribution in [3.8, 4) is 0 Å². The van der Waals surface area contributed by atoms with Crippen LogP contribution in [0.1, 0.15) is 22.8 Å². The standard InChI is InChI=1S/C20H21FN2O2S/c21-15-5-3-14(4-6-15)17-13-18(17)20(25)23-9-7-22(8-10-23)19(24)12-16-2-1-11-26-16/h1-6,11,17-18H,7-10,12-13H2/t17-,18+/m0/s1. The average molecular weight is 372 g/mol. The zero-order chi connectivity index (χ0) is 18.1. The second-order valence-electron chi connectivity index (χ2n) is 6.96. The molecule has 2 amide bonds. The first-order valence-corrected chi connectivity index (χ1v) is 9.84. The van der Waals surface area contributed by atoms with Crippen LogP contribution in [0.25, 0.3) is 0 Å². The molecular weight excluding hydrogens is 351 g/mol. The minimum atomic E-state index is -0.249. The molecule has 4 nitrogen and oxygen atoms in total. The van der Waals surface area contributed by atoms with Crippen LogP contribution in [0.5, 0.6) is 0 Å². The van der Waals surface area contributed by atoms with E-state index in [9.17, 15) is 14.0 Å². The number of halogens is 1. The fourth-order valence-electron chi connectivity index (χ4n) is 3.63. The zero-order valence-corrected chi connectivity index (χ0v) is 15.3. The summed E-state index contributed by atoms with van der Waals surface area (Å²) >= 11 is 1.60. The monoisotopic (exact) mass is 372 g/mol.